The van der Waals surface area contributed by atoms with Gasteiger partial charge >= 0.3 is 5.97 Å². The molecule has 0 aliphatic heterocycles. The minimum atomic E-state index is -0.708. The van der Waals surface area contributed by atoms with Crippen LogP contribution in [0.2, 0.25) is 0 Å². The lowest BCUT2D eigenvalue weighted by Gasteiger charge is -2.17. The number of carbonyl (C=O) groups excluding carboxylic acids is 1. The molecule has 3 N–H and O–H groups in total. The van der Waals surface area contributed by atoms with Gasteiger partial charge in [-0.05, 0) is 6.92 Å². The van der Waals surface area contributed by atoms with E-state index >= 15 is 0 Å². The third-order valence-corrected chi connectivity index (χ3v) is 2.61. The maximum atomic E-state index is 11.4. The molecule has 0 aliphatic carbocycles. The number of carbonyl (C=O) groups is 1. The molecule has 0 radical (unpaired) electrons. The van der Waals surface area contributed by atoms with Crippen molar-refractivity contribution in [3.8, 4) is 17.2 Å². The zero-order valence-electron chi connectivity index (χ0n) is 11.3. The molecule has 6 heteroatoms. The molecule has 0 aromatic heterocycles. The molecule has 1 atom stereocenters. The Kier molecular flexibility index (Phi) is 5.44. The number of phenolic OH excluding ortho intramolecular Hbond substituents is 1. The van der Waals surface area contributed by atoms with Crippen LogP contribution in [-0.4, -0.2) is 31.9 Å². The van der Waals surface area contributed by atoms with Crippen LogP contribution in [0, 0.1) is 0 Å². The quantitative estimate of drug-likeness (QED) is 0.758. The molecule has 1 aromatic carbocycles. The fourth-order valence-corrected chi connectivity index (χ4v) is 1.75. The SMILES string of the molecule is CCOC(=O)C[C@H](N)c1c(O)cc(OC)cc1OC. The zero-order valence-corrected chi connectivity index (χ0v) is 11.3. The zero-order chi connectivity index (χ0) is 14.4. The van der Waals surface area contributed by atoms with Crippen molar-refractivity contribution in [3.05, 3.63) is 17.7 Å². The van der Waals surface area contributed by atoms with E-state index in [1.54, 1.807) is 13.0 Å². The van der Waals surface area contributed by atoms with E-state index < -0.39 is 12.0 Å². The standard InChI is InChI=1S/C13H19NO5/c1-4-19-12(16)7-9(14)13-10(15)5-8(17-2)6-11(13)18-3/h5-6,9,15H,4,7,14H2,1-3H3/t9-/m0/s1. The largest absolute Gasteiger partial charge is 0.507 e. The van der Waals surface area contributed by atoms with Gasteiger partial charge in [0.25, 0.3) is 0 Å². The normalized spacial score (nSPS) is 11.8. The second-order valence-electron chi connectivity index (χ2n) is 3.88. The number of esters is 1. The van der Waals surface area contributed by atoms with Crippen LogP contribution < -0.4 is 15.2 Å². The molecule has 0 saturated heterocycles. The van der Waals surface area contributed by atoms with E-state index in [1.807, 2.05) is 0 Å². The van der Waals surface area contributed by atoms with Gasteiger partial charge in [0.05, 0.1) is 32.8 Å². The van der Waals surface area contributed by atoms with Crippen LogP contribution in [0.4, 0.5) is 0 Å². The second-order valence-corrected chi connectivity index (χ2v) is 3.88. The Morgan fingerprint density at radius 2 is 2.05 bits per heavy atom. The maximum absolute atomic E-state index is 11.4. The Morgan fingerprint density at radius 3 is 2.58 bits per heavy atom. The van der Waals surface area contributed by atoms with Gasteiger partial charge in [-0.2, -0.15) is 0 Å². The Balaban J connectivity index is 3.01. The fourth-order valence-electron chi connectivity index (χ4n) is 1.75. The van der Waals surface area contributed by atoms with E-state index in [1.165, 1.54) is 20.3 Å². The average Bonchev–Trinajstić information content (AvgIpc) is 2.37. The fraction of sp³-hybridized carbons (Fsp3) is 0.462. The van der Waals surface area contributed by atoms with Gasteiger partial charge in [-0.15, -0.1) is 0 Å². The first kappa shape index (κ1) is 15.1. The number of benzene rings is 1. The van der Waals surface area contributed by atoms with Crippen LogP contribution in [0.1, 0.15) is 24.9 Å². The third-order valence-electron chi connectivity index (χ3n) is 2.61. The van der Waals surface area contributed by atoms with Crippen LogP contribution in [0.3, 0.4) is 0 Å². The number of ether oxygens (including phenoxy) is 3. The lowest BCUT2D eigenvalue weighted by Crippen LogP contribution is -2.18. The summed E-state index contributed by atoms with van der Waals surface area (Å²) < 4.78 is 15.0. The van der Waals surface area contributed by atoms with E-state index in [2.05, 4.69) is 0 Å². The highest BCUT2D eigenvalue weighted by molar-refractivity contribution is 5.71. The van der Waals surface area contributed by atoms with Crippen LogP contribution in [0.15, 0.2) is 12.1 Å². The molecule has 0 aliphatic rings. The van der Waals surface area contributed by atoms with Crippen molar-refractivity contribution in [2.45, 2.75) is 19.4 Å². The highest BCUT2D eigenvalue weighted by Crippen LogP contribution is 2.37. The van der Waals surface area contributed by atoms with Gasteiger partial charge in [0.15, 0.2) is 0 Å². The molecule has 1 rings (SSSR count). The first-order chi connectivity index (χ1) is 9.03. The molecule has 19 heavy (non-hydrogen) atoms. The first-order valence-corrected chi connectivity index (χ1v) is 5.89. The van der Waals surface area contributed by atoms with Gasteiger partial charge in [-0.1, -0.05) is 0 Å². The predicted octanol–water partition coefficient (Wildman–Crippen LogP) is 1.36. The Hall–Kier alpha value is -1.95. The minimum absolute atomic E-state index is 0.0376. The molecule has 0 saturated carbocycles. The van der Waals surface area contributed by atoms with Gasteiger partial charge in [0.2, 0.25) is 0 Å². The summed E-state index contributed by atoms with van der Waals surface area (Å²) in [6, 6.07) is 2.31. The van der Waals surface area contributed by atoms with Crippen molar-refractivity contribution in [1.29, 1.82) is 0 Å². The Bertz CT molecular complexity index is 447. The summed E-state index contributed by atoms with van der Waals surface area (Å²) in [5.74, 6) is 0.315. The third kappa shape index (κ3) is 3.75. The molecular formula is C13H19NO5. The van der Waals surface area contributed by atoms with Gasteiger partial charge in [0.1, 0.15) is 17.2 Å². The van der Waals surface area contributed by atoms with Crippen molar-refractivity contribution in [2.24, 2.45) is 5.73 Å². The monoisotopic (exact) mass is 269 g/mol. The van der Waals surface area contributed by atoms with Crippen molar-refractivity contribution < 1.29 is 24.1 Å². The first-order valence-electron chi connectivity index (χ1n) is 5.89. The summed E-state index contributed by atoms with van der Waals surface area (Å²) in [5, 5.41) is 9.96. The molecule has 106 valence electrons. The lowest BCUT2D eigenvalue weighted by molar-refractivity contribution is -0.143. The van der Waals surface area contributed by atoms with Gasteiger partial charge in [-0.25, -0.2) is 0 Å². The summed E-state index contributed by atoms with van der Waals surface area (Å²) in [6.45, 7) is 2.01. The molecule has 0 amide bonds. The van der Waals surface area contributed by atoms with Crippen molar-refractivity contribution >= 4 is 5.97 Å². The van der Waals surface area contributed by atoms with Gasteiger partial charge < -0.3 is 25.1 Å². The maximum Gasteiger partial charge on any atom is 0.307 e. The topological polar surface area (TPSA) is 91.0 Å². The van der Waals surface area contributed by atoms with Gasteiger partial charge in [-0.3, -0.25) is 4.79 Å². The summed E-state index contributed by atoms with van der Waals surface area (Å²) in [7, 11) is 2.93. The Labute approximate surface area is 112 Å². The van der Waals surface area contributed by atoms with Crippen LogP contribution in [0.25, 0.3) is 0 Å². The van der Waals surface area contributed by atoms with E-state index in [9.17, 15) is 9.90 Å². The summed E-state index contributed by atoms with van der Waals surface area (Å²) >= 11 is 0. The molecule has 1 aromatic rings. The van der Waals surface area contributed by atoms with Crippen LogP contribution in [-0.2, 0) is 9.53 Å². The van der Waals surface area contributed by atoms with E-state index in [4.69, 9.17) is 19.9 Å². The number of aromatic hydroxyl groups is 1. The van der Waals surface area contributed by atoms with Crippen molar-refractivity contribution in [1.82, 2.24) is 0 Å². The summed E-state index contributed by atoms with van der Waals surface area (Å²) in [6.07, 6.45) is -0.0376. The molecule has 0 unspecified atom stereocenters. The number of methoxy groups -OCH3 is 2. The van der Waals surface area contributed by atoms with Crippen molar-refractivity contribution in [3.63, 3.8) is 0 Å². The number of nitrogens with two attached hydrogens (primary N) is 1. The predicted molar refractivity (Wildman–Crippen MR) is 69.4 cm³/mol. The number of rotatable bonds is 6. The van der Waals surface area contributed by atoms with Crippen molar-refractivity contribution in [2.75, 3.05) is 20.8 Å². The highest BCUT2D eigenvalue weighted by Gasteiger charge is 2.21. The number of phenols is 1. The van der Waals surface area contributed by atoms with Crippen LogP contribution in [0.5, 0.6) is 17.2 Å². The second kappa shape index (κ2) is 6.84. The minimum Gasteiger partial charge on any atom is -0.507 e. The smallest absolute Gasteiger partial charge is 0.307 e. The molecular weight excluding hydrogens is 250 g/mol. The lowest BCUT2D eigenvalue weighted by atomic mass is 10.0. The molecule has 0 spiro atoms. The van der Waals surface area contributed by atoms with E-state index in [0.29, 0.717) is 17.1 Å². The highest BCUT2D eigenvalue weighted by atomic mass is 16.5. The average molecular weight is 269 g/mol. The molecule has 0 fully saturated rings. The number of hydrogen-bond acceptors (Lipinski definition) is 6. The van der Waals surface area contributed by atoms with Gasteiger partial charge in [0, 0.05) is 18.2 Å². The molecule has 6 nitrogen and oxygen atoms in total. The van der Waals surface area contributed by atoms with E-state index in [0.717, 1.165) is 0 Å². The Morgan fingerprint density at radius 1 is 1.37 bits per heavy atom. The molecule has 0 heterocycles. The molecule has 0 bridgehead atoms. The van der Waals surface area contributed by atoms with E-state index in [-0.39, 0.29) is 18.8 Å². The number of hydrogen-bond donors (Lipinski definition) is 2. The summed E-state index contributed by atoms with van der Waals surface area (Å²) in [5.41, 5.74) is 6.27. The van der Waals surface area contributed by atoms with Crippen LogP contribution >= 0.6 is 0 Å². The summed E-state index contributed by atoms with van der Waals surface area (Å²) in [4.78, 5) is 11.4.